The topological polar surface area (TPSA) is 30.5 Å². The van der Waals surface area contributed by atoms with Gasteiger partial charge in [-0.2, -0.15) is 13.2 Å². The highest BCUT2D eigenvalue weighted by Gasteiger charge is 2.30. The summed E-state index contributed by atoms with van der Waals surface area (Å²) in [6, 6.07) is 4.68. The third kappa shape index (κ3) is 3.61. The zero-order valence-electron chi connectivity index (χ0n) is 9.67. The molecule has 2 rings (SSSR count). The van der Waals surface area contributed by atoms with Crippen molar-refractivity contribution in [3.63, 3.8) is 0 Å². The minimum Gasteiger partial charge on any atom is -0.487 e. The van der Waals surface area contributed by atoms with Crippen LogP contribution in [0, 0.1) is 0 Å². The number of hydrogen-bond acceptors (Lipinski definition) is 3. The first-order valence-electron chi connectivity index (χ1n) is 5.68. The normalized spacial score (nSPS) is 21.4. The number of alkyl halides is 3. The molecule has 1 unspecified atom stereocenters. The lowest BCUT2D eigenvalue weighted by Gasteiger charge is -2.17. The highest BCUT2D eigenvalue weighted by Crippen LogP contribution is 2.30. The van der Waals surface area contributed by atoms with Gasteiger partial charge in [-0.05, 0) is 24.3 Å². The molecule has 0 bridgehead atoms. The molecular weight excluding hydrogens is 247 g/mol. The first-order chi connectivity index (χ1) is 8.55. The maximum absolute atomic E-state index is 12.4. The van der Waals surface area contributed by atoms with Crippen LogP contribution in [0.1, 0.15) is 5.56 Å². The van der Waals surface area contributed by atoms with E-state index in [9.17, 15) is 13.2 Å². The number of benzene rings is 1. The Morgan fingerprint density at radius 2 is 1.94 bits per heavy atom. The van der Waals surface area contributed by atoms with Crippen molar-refractivity contribution in [1.29, 1.82) is 0 Å². The predicted octanol–water partition coefficient (Wildman–Crippen LogP) is 2.07. The van der Waals surface area contributed by atoms with E-state index in [-0.39, 0.29) is 6.10 Å². The van der Waals surface area contributed by atoms with E-state index < -0.39 is 11.7 Å². The van der Waals surface area contributed by atoms with E-state index in [4.69, 9.17) is 9.47 Å². The van der Waals surface area contributed by atoms with E-state index in [0.29, 0.717) is 25.5 Å². The van der Waals surface area contributed by atoms with Gasteiger partial charge in [-0.1, -0.05) is 0 Å². The first kappa shape index (κ1) is 13.2. The Kier molecular flexibility index (Phi) is 4.08. The zero-order chi connectivity index (χ0) is 13.0. The fraction of sp³-hybridized carbons (Fsp3) is 0.500. The van der Waals surface area contributed by atoms with Crippen LogP contribution in [-0.4, -0.2) is 32.4 Å². The molecule has 1 fully saturated rings. The Morgan fingerprint density at radius 3 is 2.61 bits per heavy atom. The van der Waals surface area contributed by atoms with Crippen LogP contribution < -0.4 is 10.1 Å². The third-order valence-electron chi connectivity index (χ3n) is 2.58. The van der Waals surface area contributed by atoms with Crippen LogP contribution in [0.15, 0.2) is 24.3 Å². The van der Waals surface area contributed by atoms with Gasteiger partial charge >= 0.3 is 6.18 Å². The summed E-state index contributed by atoms with van der Waals surface area (Å²) in [5.41, 5.74) is -0.676. The Labute approximate surface area is 103 Å². The van der Waals surface area contributed by atoms with E-state index in [2.05, 4.69) is 5.32 Å². The lowest BCUT2D eigenvalue weighted by atomic mass is 10.2. The van der Waals surface area contributed by atoms with Gasteiger partial charge in [0.05, 0.1) is 18.8 Å². The fourth-order valence-corrected chi connectivity index (χ4v) is 1.67. The largest absolute Gasteiger partial charge is 0.487 e. The van der Waals surface area contributed by atoms with Crippen molar-refractivity contribution in [2.24, 2.45) is 0 Å². The molecule has 1 N–H and O–H groups in total. The minimum atomic E-state index is -4.31. The quantitative estimate of drug-likeness (QED) is 0.884. The molecule has 100 valence electrons. The predicted molar refractivity (Wildman–Crippen MR) is 59.5 cm³/mol. The van der Waals surface area contributed by atoms with Crippen molar-refractivity contribution in [3.8, 4) is 5.75 Å². The number of ether oxygens (including phenoxy) is 2. The zero-order valence-corrected chi connectivity index (χ0v) is 9.67. The second kappa shape index (κ2) is 5.58. The van der Waals surface area contributed by atoms with Crippen molar-refractivity contribution in [3.05, 3.63) is 29.8 Å². The van der Waals surface area contributed by atoms with Gasteiger partial charge < -0.3 is 14.8 Å². The molecule has 0 saturated carbocycles. The molecule has 0 aliphatic carbocycles. The molecule has 1 aliphatic heterocycles. The number of rotatable bonds is 2. The van der Waals surface area contributed by atoms with E-state index in [1.165, 1.54) is 12.1 Å². The average molecular weight is 261 g/mol. The summed E-state index contributed by atoms with van der Waals surface area (Å²) in [6.45, 7) is 2.44. The number of hydrogen-bond donors (Lipinski definition) is 1. The average Bonchev–Trinajstić information content (AvgIpc) is 2.57. The van der Waals surface area contributed by atoms with Gasteiger partial charge in [0.15, 0.2) is 0 Å². The maximum atomic E-state index is 12.4. The van der Waals surface area contributed by atoms with Crippen LogP contribution in [0.5, 0.6) is 5.75 Å². The SMILES string of the molecule is FC(F)(F)c1ccc(OC2CNCCOC2)cc1. The molecular formula is C12H14F3NO2. The number of nitrogens with one attached hydrogen (secondary N) is 1. The molecule has 3 nitrogen and oxygen atoms in total. The standard InChI is InChI=1S/C12H14F3NO2/c13-12(14,15)9-1-3-10(4-2-9)18-11-7-16-5-6-17-8-11/h1-4,11,16H,5-8H2. The van der Waals surface area contributed by atoms with Gasteiger partial charge in [-0.15, -0.1) is 0 Å². The van der Waals surface area contributed by atoms with Gasteiger partial charge in [0.25, 0.3) is 0 Å². The molecule has 1 aliphatic rings. The van der Waals surface area contributed by atoms with Crippen LogP contribution in [0.3, 0.4) is 0 Å². The van der Waals surface area contributed by atoms with Gasteiger partial charge in [0.1, 0.15) is 11.9 Å². The van der Waals surface area contributed by atoms with Crippen molar-refractivity contribution >= 4 is 0 Å². The molecule has 0 amide bonds. The van der Waals surface area contributed by atoms with Crippen molar-refractivity contribution in [2.75, 3.05) is 26.3 Å². The summed E-state index contributed by atoms with van der Waals surface area (Å²) in [6.07, 6.45) is -4.49. The van der Waals surface area contributed by atoms with Gasteiger partial charge in [0.2, 0.25) is 0 Å². The van der Waals surface area contributed by atoms with Crippen molar-refractivity contribution in [2.45, 2.75) is 12.3 Å². The second-order valence-corrected chi connectivity index (χ2v) is 4.04. The van der Waals surface area contributed by atoms with E-state index in [1.54, 1.807) is 0 Å². The Balaban J connectivity index is 1.97. The lowest BCUT2D eigenvalue weighted by molar-refractivity contribution is -0.137. The van der Waals surface area contributed by atoms with Crippen LogP contribution >= 0.6 is 0 Å². The molecule has 0 aromatic heterocycles. The lowest BCUT2D eigenvalue weighted by Crippen LogP contribution is -2.32. The summed E-state index contributed by atoms with van der Waals surface area (Å²) in [5.74, 6) is 0.417. The molecule has 1 saturated heterocycles. The first-order valence-corrected chi connectivity index (χ1v) is 5.68. The smallest absolute Gasteiger partial charge is 0.416 e. The van der Waals surface area contributed by atoms with E-state index >= 15 is 0 Å². The maximum Gasteiger partial charge on any atom is 0.416 e. The Morgan fingerprint density at radius 1 is 1.22 bits per heavy atom. The molecule has 1 aromatic rings. The second-order valence-electron chi connectivity index (χ2n) is 4.04. The highest BCUT2D eigenvalue weighted by atomic mass is 19.4. The summed E-state index contributed by atoms with van der Waals surface area (Å²) >= 11 is 0. The van der Waals surface area contributed by atoms with Crippen molar-refractivity contribution in [1.82, 2.24) is 5.32 Å². The molecule has 6 heteroatoms. The van der Waals surface area contributed by atoms with Crippen molar-refractivity contribution < 1.29 is 22.6 Å². The Hall–Kier alpha value is -1.27. The summed E-state index contributed by atoms with van der Waals surface area (Å²) in [7, 11) is 0. The fourth-order valence-electron chi connectivity index (χ4n) is 1.67. The van der Waals surface area contributed by atoms with Gasteiger partial charge in [0, 0.05) is 13.1 Å². The molecule has 0 spiro atoms. The van der Waals surface area contributed by atoms with Crippen LogP contribution in [0.4, 0.5) is 13.2 Å². The summed E-state index contributed by atoms with van der Waals surface area (Å²) < 4.78 is 47.9. The van der Waals surface area contributed by atoms with Gasteiger partial charge in [-0.25, -0.2) is 0 Å². The molecule has 1 atom stereocenters. The highest BCUT2D eigenvalue weighted by molar-refractivity contribution is 5.29. The minimum absolute atomic E-state index is 0.177. The van der Waals surface area contributed by atoms with Crippen LogP contribution in [0.25, 0.3) is 0 Å². The Bertz CT molecular complexity index is 370. The molecule has 18 heavy (non-hydrogen) atoms. The molecule has 0 radical (unpaired) electrons. The van der Waals surface area contributed by atoms with Gasteiger partial charge in [-0.3, -0.25) is 0 Å². The third-order valence-corrected chi connectivity index (χ3v) is 2.58. The van der Waals surface area contributed by atoms with Crippen LogP contribution in [0.2, 0.25) is 0 Å². The summed E-state index contributed by atoms with van der Waals surface area (Å²) in [4.78, 5) is 0. The summed E-state index contributed by atoms with van der Waals surface area (Å²) in [5, 5.41) is 3.12. The van der Waals surface area contributed by atoms with Crippen LogP contribution in [-0.2, 0) is 10.9 Å². The van der Waals surface area contributed by atoms with E-state index in [1.807, 2.05) is 0 Å². The number of halogens is 3. The van der Waals surface area contributed by atoms with E-state index in [0.717, 1.165) is 18.7 Å². The molecule has 1 aromatic carbocycles. The molecule has 1 heterocycles. The monoisotopic (exact) mass is 261 g/mol.